The Labute approximate surface area is 171 Å². The summed E-state index contributed by atoms with van der Waals surface area (Å²) in [7, 11) is 1.76. The second-order valence-electron chi connectivity index (χ2n) is 7.41. The summed E-state index contributed by atoms with van der Waals surface area (Å²) >= 11 is 0. The lowest BCUT2D eigenvalue weighted by atomic mass is 10.1. The van der Waals surface area contributed by atoms with Crippen molar-refractivity contribution < 1.29 is 9.59 Å². The number of anilines is 1. The highest BCUT2D eigenvalue weighted by Gasteiger charge is 2.29. The van der Waals surface area contributed by atoms with Crippen LogP contribution in [0, 0.1) is 6.92 Å². The number of aryl methyl sites for hydroxylation is 1. The second kappa shape index (κ2) is 6.92. The van der Waals surface area contributed by atoms with Crippen LogP contribution in [0.15, 0.2) is 18.5 Å². The number of amides is 2. The molecule has 2 bridgehead atoms. The first-order valence-electron chi connectivity index (χ1n) is 9.60. The van der Waals surface area contributed by atoms with E-state index in [2.05, 4.69) is 35.8 Å². The lowest BCUT2D eigenvalue weighted by molar-refractivity contribution is -0.110. The van der Waals surface area contributed by atoms with Gasteiger partial charge in [0.2, 0.25) is 0 Å². The summed E-state index contributed by atoms with van der Waals surface area (Å²) in [6.45, 7) is 3.53. The summed E-state index contributed by atoms with van der Waals surface area (Å²) in [5.41, 5.74) is 4.95. The van der Waals surface area contributed by atoms with Crippen LogP contribution in [0.1, 0.15) is 33.1 Å². The van der Waals surface area contributed by atoms with E-state index in [0.717, 1.165) is 17.0 Å². The Morgan fingerprint density at radius 2 is 2.03 bits per heavy atom. The molecule has 3 aromatic rings. The number of rotatable bonds is 0. The Balaban J connectivity index is 1.70. The first-order chi connectivity index (χ1) is 14.5. The van der Waals surface area contributed by atoms with Crippen molar-refractivity contribution in [1.29, 1.82) is 0 Å². The molecule has 0 fully saturated rings. The molecule has 2 aliphatic rings. The van der Waals surface area contributed by atoms with Gasteiger partial charge in [0, 0.05) is 32.4 Å². The Bertz CT molecular complexity index is 1210. The first-order valence-corrected chi connectivity index (χ1v) is 9.60. The molecule has 0 unspecified atom stereocenters. The van der Waals surface area contributed by atoms with E-state index in [9.17, 15) is 9.59 Å². The minimum atomic E-state index is -0.283. The minimum Gasteiger partial charge on any atom is -0.358 e. The molecule has 0 radical (unpaired) electrons. The Morgan fingerprint density at radius 3 is 2.90 bits per heavy atom. The van der Waals surface area contributed by atoms with Gasteiger partial charge in [0.05, 0.1) is 46.2 Å². The molecular formula is C20H20N8O2. The normalized spacial score (nSPS) is 18.1. The number of hydrogen-bond acceptors (Lipinski definition) is 6. The predicted octanol–water partition coefficient (Wildman–Crippen LogP) is 1.17. The van der Waals surface area contributed by atoms with Crippen molar-refractivity contribution in [3.63, 3.8) is 0 Å². The quantitative estimate of drug-likeness (QED) is 0.445. The number of hydrogen-bond donors (Lipinski definition) is 4. The maximum absolute atomic E-state index is 13.0. The van der Waals surface area contributed by atoms with Gasteiger partial charge < -0.3 is 20.5 Å². The fraction of sp³-hybridized carbons (Fsp3) is 0.250. The number of aromatic nitrogens is 5. The molecule has 4 N–H and O–H groups in total. The largest absolute Gasteiger partial charge is 0.358 e. The number of fused-ring (bicyclic) bond motifs is 4. The molecule has 10 nitrogen and oxygen atoms in total. The van der Waals surface area contributed by atoms with Crippen molar-refractivity contribution in [2.24, 2.45) is 0 Å². The highest BCUT2D eigenvalue weighted by molar-refractivity contribution is 6.34. The van der Waals surface area contributed by atoms with Gasteiger partial charge in [-0.3, -0.25) is 14.7 Å². The van der Waals surface area contributed by atoms with E-state index in [0.29, 0.717) is 53.7 Å². The summed E-state index contributed by atoms with van der Waals surface area (Å²) in [6.07, 6.45) is 4.95. The fourth-order valence-corrected chi connectivity index (χ4v) is 3.69. The van der Waals surface area contributed by atoms with Gasteiger partial charge in [0.15, 0.2) is 5.82 Å². The van der Waals surface area contributed by atoms with E-state index in [1.807, 2.05) is 6.92 Å². The summed E-state index contributed by atoms with van der Waals surface area (Å²) < 4.78 is 0. The third-order valence-electron chi connectivity index (χ3n) is 5.27. The van der Waals surface area contributed by atoms with Crippen LogP contribution in [0.4, 0.5) is 5.69 Å². The van der Waals surface area contributed by atoms with Crippen molar-refractivity contribution in [1.82, 2.24) is 35.4 Å². The topological polar surface area (TPSA) is 132 Å². The third kappa shape index (κ3) is 2.98. The smallest absolute Gasteiger partial charge is 0.258 e. The summed E-state index contributed by atoms with van der Waals surface area (Å²) in [5.74, 6) is 0.0774. The molecule has 2 aliphatic heterocycles. The van der Waals surface area contributed by atoms with E-state index in [1.54, 1.807) is 36.5 Å². The molecule has 0 spiro atoms. The van der Waals surface area contributed by atoms with Gasteiger partial charge >= 0.3 is 0 Å². The molecule has 5 heterocycles. The predicted molar refractivity (Wildman–Crippen MR) is 110 cm³/mol. The zero-order valence-corrected chi connectivity index (χ0v) is 16.5. The van der Waals surface area contributed by atoms with Crippen molar-refractivity contribution in [2.75, 3.05) is 25.5 Å². The molecule has 2 amide bonds. The molecule has 152 valence electrons. The average molecular weight is 404 g/mol. The number of nitrogens with zero attached hydrogens (tertiary/aromatic N) is 4. The van der Waals surface area contributed by atoms with Crippen LogP contribution in [-0.2, 0) is 11.3 Å². The van der Waals surface area contributed by atoms with Crippen LogP contribution in [0.3, 0.4) is 0 Å². The summed E-state index contributed by atoms with van der Waals surface area (Å²) in [4.78, 5) is 39.6. The first kappa shape index (κ1) is 18.3. The molecule has 0 aliphatic carbocycles. The Morgan fingerprint density at radius 1 is 1.17 bits per heavy atom. The van der Waals surface area contributed by atoms with Gasteiger partial charge in [-0.1, -0.05) is 0 Å². The lowest BCUT2D eigenvalue weighted by Crippen LogP contribution is -2.34. The molecule has 0 saturated heterocycles. The Hall–Kier alpha value is -3.79. The second-order valence-corrected chi connectivity index (χ2v) is 7.41. The van der Waals surface area contributed by atoms with E-state index < -0.39 is 0 Å². The van der Waals surface area contributed by atoms with Crippen LogP contribution in [-0.4, -0.2) is 62.0 Å². The van der Waals surface area contributed by atoms with Gasteiger partial charge in [0.25, 0.3) is 11.8 Å². The zero-order valence-electron chi connectivity index (χ0n) is 16.5. The minimum absolute atomic E-state index is 0.118. The maximum Gasteiger partial charge on any atom is 0.258 e. The van der Waals surface area contributed by atoms with E-state index in [4.69, 9.17) is 0 Å². The van der Waals surface area contributed by atoms with Crippen LogP contribution < -0.4 is 10.6 Å². The summed E-state index contributed by atoms with van der Waals surface area (Å²) in [5, 5.41) is 13.2. The van der Waals surface area contributed by atoms with Crippen LogP contribution >= 0.6 is 0 Å². The number of carbonyl (C=O) groups is 2. The SMILES string of the molecule is Cc1cc2c([nH]1)/C=C1\C(=O)Nc3cnc(nc31)-c1cn[nH]c1CNCCN(C)C2=O. The molecule has 30 heavy (non-hydrogen) atoms. The monoisotopic (exact) mass is 404 g/mol. The van der Waals surface area contributed by atoms with Crippen LogP contribution in [0.25, 0.3) is 23.0 Å². The lowest BCUT2D eigenvalue weighted by Gasteiger charge is -2.17. The fourth-order valence-electron chi connectivity index (χ4n) is 3.69. The molecule has 3 aromatic heterocycles. The van der Waals surface area contributed by atoms with Crippen molar-refractivity contribution >= 4 is 29.2 Å². The average Bonchev–Trinajstić information content (AvgIpc) is 3.41. The molecule has 0 aromatic carbocycles. The van der Waals surface area contributed by atoms with Gasteiger partial charge in [-0.25, -0.2) is 9.97 Å². The van der Waals surface area contributed by atoms with Gasteiger partial charge in [-0.2, -0.15) is 5.10 Å². The van der Waals surface area contributed by atoms with Gasteiger partial charge in [0.1, 0.15) is 5.69 Å². The molecular weight excluding hydrogens is 384 g/mol. The standard InChI is InChI=1S/C20H20N8O2/c1-10-5-11-14(24-10)6-12-17-16(25-19(12)29)9-22-18(26-17)13-7-23-27-15(13)8-21-3-4-28(2)20(11)30/h5-7,9,21,24H,3-4,8H2,1-2H3,(H,23,27)(H,25,29)/b12-6-. The van der Waals surface area contributed by atoms with Crippen molar-refractivity contribution in [3.05, 3.63) is 46.8 Å². The number of carbonyl (C=O) groups excluding carboxylic acids is 2. The highest BCUT2D eigenvalue weighted by Crippen LogP contribution is 2.33. The van der Waals surface area contributed by atoms with Gasteiger partial charge in [-0.15, -0.1) is 0 Å². The van der Waals surface area contributed by atoms with Gasteiger partial charge in [-0.05, 0) is 19.1 Å². The zero-order chi connectivity index (χ0) is 20.8. The van der Waals surface area contributed by atoms with E-state index >= 15 is 0 Å². The third-order valence-corrected chi connectivity index (χ3v) is 5.27. The molecule has 0 atom stereocenters. The maximum atomic E-state index is 13.0. The summed E-state index contributed by atoms with van der Waals surface area (Å²) in [6, 6.07) is 1.80. The number of H-pyrrole nitrogens is 2. The van der Waals surface area contributed by atoms with Crippen molar-refractivity contribution in [3.8, 4) is 11.4 Å². The van der Waals surface area contributed by atoms with Crippen molar-refractivity contribution in [2.45, 2.75) is 13.5 Å². The highest BCUT2D eigenvalue weighted by atomic mass is 16.2. The number of likely N-dealkylation sites (N-methyl/N-ethyl adjacent to an activating group) is 1. The number of nitrogens with one attached hydrogen (secondary N) is 4. The molecule has 5 rings (SSSR count). The van der Waals surface area contributed by atoms with E-state index in [-0.39, 0.29) is 11.8 Å². The van der Waals surface area contributed by atoms with Crippen LogP contribution in [0.5, 0.6) is 0 Å². The molecule has 0 saturated carbocycles. The Kier molecular flexibility index (Phi) is 4.21. The van der Waals surface area contributed by atoms with E-state index in [1.165, 1.54) is 0 Å². The molecule has 10 heteroatoms. The number of aromatic amines is 2. The van der Waals surface area contributed by atoms with Crippen LogP contribution in [0.2, 0.25) is 0 Å².